The monoisotopic (exact) mass is 426 g/mol. The van der Waals surface area contributed by atoms with E-state index in [-0.39, 0.29) is 44.0 Å². The zero-order valence-electron chi connectivity index (χ0n) is 15.2. The molecule has 0 aliphatic carbocycles. The number of rotatable bonds is 2. The van der Waals surface area contributed by atoms with E-state index in [9.17, 15) is 0 Å². The van der Waals surface area contributed by atoms with Crippen molar-refractivity contribution in [2.75, 3.05) is 0 Å². The average Bonchev–Trinajstić information content (AvgIpc) is 2.47. The molecule has 2 nitrogen and oxygen atoms in total. The van der Waals surface area contributed by atoms with E-state index in [1.807, 2.05) is 24.3 Å². The molecule has 0 aliphatic rings. The van der Waals surface area contributed by atoms with Crippen LogP contribution in [0.25, 0.3) is 0 Å². The third kappa shape index (κ3) is 8.90. The van der Waals surface area contributed by atoms with Crippen LogP contribution in [0.5, 0.6) is 11.5 Å². The van der Waals surface area contributed by atoms with Gasteiger partial charge in [-0.15, -0.1) is 12.4 Å². The summed E-state index contributed by atoms with van der Waals surface area (Å²) in [5.74, 6) is 1.27. The first-order chi connectivity index (χ1) is 10.2. The molecule has 2 aromatic rings. The molecule has 0 aliphatic heterocycles. The van der Waals surface area contributed by atoms with Crippen LogP contribution in [0.4, 0.5) is 0 Å². The number of halogens is 1. The van der Waals surface area contributed by atoms with E-state index in [4.69, 9.17) is 10.2 Å². The second-order valence-corrected chi connectivity index (χ2v) is 6.70. The van der Waals surface area contributed by atoms with Crippen molar-refractivity contribution in [3.8, 4) is 11.5 Å². The Balaban J connectivity index is 0. The van der Waals surface area contributed by atoms with Gasteiger partial charge in [-0.25, -0.2) is 0 Å². The van der Waals surface area contributed by atoms with Gasteiger partial charge in [0.25, 0.3) is 0 Å². The Morgan fingerprint density at radius 3 is 1.54 bits per heavy atom. The smallest absolute Gasteiger partial charge is 0.115 e. The molecular weight excluding hydrogens is 399 g/mol. The van der Waals surface area contributed by atoms with Gasteiger partial charge in [0.15, 0.2) is 0 Å². The van der Waals surface area contributed by atoms with Crippen molar-refractivity contribution >= 4 is 12.4 Å². The second kappa shape index (κ2) is 11.7. The second-order valence-electron chi connectivity index (χ2n) is 6.70. The van der Waals surface area contributed by atoms with Crippen molar-refractivity contribution in [3.63, 3.8) is 0 Å². The van der Waals surface area contributed by atoms with Gasteiger partial charge in [-0.2, -0.15) is 0 Å². The summed E-state index contributed by atoms with van der Waals surface area (Å²) >= 11 is 0. The molecule has 1 unspecified atom stereocenters. The van der Waals surface area contributed by atoms with Crippen molar-refractivity contribution in [3.05, 3.63) is 59.7 Å². The predicted octanol–water partition coefficient (Wildman–Crippen LogP) is 6.01. The fraction of sp³-hybridized carbons (Fsp3) is 0.400. The molecule has 2 rings (SSSR count). The van der Waals surface area contributed by atoms with Crippen LogP contribution in [0, 0.1) is 0 Å². The van der Waals surface area contributed by atoms with Crippen molar-refractivity contribution < 1.29 is 36.4 Å². The minimum Gasteiger partial charge on any atom is -0.508 e. The molecule has 4 heteroatoms. The molecule has 2 aromatic carbocycles. The number of hydrogen-bond donors (Lipinski definition) is 2. The van der Waals surface area contributed by atoms with Gasteiger partial charge in [0.1, 0.15) is 11.5 Å². The largest absolute Gasteiger partial charge is 0.508 e. The maximum atomic E-state index is 9.02. The van der Waals surface area contributed by atoms with Gasteiger partial charge >= 0.3 is 0 Å². The summed E-state index contributed by atoms with van der Waals surface area (Å²) in [6.07, 6.45) is 1.14. The summed E-state index contributed by atoms with van der Waals surface area (Å²) in [6.45, 7) is 10.8. The maximum Gasteiger partial charge on any atom is 0.115 e. The van der Waals surface area contributed by atoms with Gasteiger partial charge in [0, 0.05) is 26.2 Å². The maximum absolute atomic E-state index is 9.02. The number of phenols is 2. The molecule has 0 fully saturated rings. The fourth-order valence-electron chi connectivity index (χ4n) is 2.00. The first-order valence-corrected chi connectivity index (χ1v) is 7.82. The average molecular weight is 428 g/mol. The molecule has 0 bridgehead atoms. The third-order valence-electron chi connectivity index (χ3n) is 3.81. The van der Waals surface area contributed by atoms with Gasteiger partial charge < -0.3 is 10.2 Å². The van der Waals surface area contributed by atoms with Crippen LogP contribution in [0.1, 0.15) is 58.1 Å². The van der Waals surface area contributed by atoms with Gasteiger partial charge in [-0.3, -0.25) is 0 Å². The molecule has 24 heavy (non-hydrogen) atoms. The summed E-state index contributed by atoms with van der Waals surface area (Å²) in [4.78, 5) is 0. The molecule has 2 N–H and O–H groups in total. The molecule has 0 amide bonds. The van der Waals surface area contributed by atoms with Gasteiger partial charge in [0.2, 0.25) is 0 Å². The number of benzene rings is 2. The van der Waals surface area contributed by atoms with Gasteiger partial charge in [-0.1, -0.05) is 58.9 Å². The Morgan fingerprint density at radius 2 is 1.21 bits per heavy atom. The molecule has 0 heterocycles. The quantitative estimate of drug-likeness (QED) is 0.615. The van der Waals surface area contributed by atoms with E-state index in [1.54, 1.807) is 24.3 Å². The van der Waals surface area contributed by atoms with E-state index in [0.29, 0.717) is 17.4 Å². The predicted molar refractivity (Wildman–Crippen MR) is 101 cm³/mol. The van der Waals surface area contributed by atoms with Crippen LogP contribution in [0.2, 0.25) is 0 Å². The Labute approximate surface area is 171 Å². The molecule has 0 spiro atoms. The Morgan fingerprint density at radius 1 is 0.833 bits per heavy atom. The fourth-order valence-corrected chi connectivity index (χ4v) is 2.00. The summed E-state index contributed by atoms with van der Waals surface area (Å²) in [6, 6.07) is 14.8. The molecular formula is C20H29ClO2Zr. The van der Waals surface area contributed by atoms with Gasteiger partial charge in [0.05, 0.1) is 0 Å². The SMILES string of the molecule is CC(C)(C)c1ccc(O)cc1.CCC(C)c1ccc(O)cc1.Cl.[Zr]. The van der Waals surface area contributed by atoms with Crippen LogP contribution in [0.3, 0.4) is 0 Å². The van der Waals surface area contributed by atoms with E-state index in [2.05, 4.69) is 34.6 Å². The topological polar surface area (TPSA) is 40.5 Å². The summed E-state index contributed by atoms with van der Waals surface area (Å²) < 4.78 is 0. The van der Waals surface area contributed by atoms with Crippen molar-refractivity contribution in [2.45, 2.75) is 52.4 Å². The van der Waals surface area contributed by atoms with Gasteiger partial charge in [-0.05, 0) is 53.1 Å². The normalized spacial score (nSPS) is 11.2. The zero-order valence-corrected chi connectivity index (χ0v) is 18.5. The molecule has 0 saturated heterocycles. The Bertz CT molecular complexity index is 560. The molecule has 0 radical (unpaired) electrons. The molecule has 1 atom stereocenters. The number of phenolic OH excluding ortho intramolecular Hbond substituents is 2. The van der Waals surface area contributed by atoms with Crippen LogP contribution < -0.4 is 0 Å². The van der Waals surface area contributed by atoms with Crippen molar-refractivity contribution in [1.29, 1.82) is 0 Å². The van der Waals surface area contributed by atoms with Crippen LogP contribution in [-0.2, 0) is 31.6 Å². The zero-order chi connectivity index (χ0) is 16.8. The van der Waals surface area contributed by atoms with E-state index in [0.717, 1.165) is 6.42 Å². The minimum atomic E-state index is 0. The van der Waals surface area contributed by atoms with E-state index >= 15 is 0 Å². The van der Waals surface area contributed by atoms with Crippen molar-refractivity contribution in [1.82, 2.24) is 0 Å². The van der Waals surface area contributed by atoms with Crippen LogP contribution in [0.15, 0.2) is 48.5 Å². The first-order valence-electron chi connectivity index (χ1n) is 7.82. The number of aromatic hydroxyl groups is 2. The van der Waals surface area contributed by atoms with E-state index < -0.39 is 0 Å². The summed E-state index contributed by atoms with van der Waals surface area (Å²) in [5, 5.41) is 18.0. The Kier molecular flexibility index (Phi) is 12.4. The van der Waals surface area contributed by atoms with Crippen LogP contribution in [-0.4, -0.2) is 10.2 Å². The standard InChI is InChI=1S/2C10H14O.ClH.Zr/c1-10(2,3)8-4-6-9(11)7-5-8;1-3-8(2)9-4-6-10(11)7-5-9;;/h4-7,11H,1-3H3;4-8,11H,3H2,1-2H3;1H;. The molecule has 132 valence electrons. The van der Waals surface area contributed by atoms with Crippen LogP contribution >= 0.6 is 12.4 Å². The minimum absolute atomic E-state index is 0. The molecule has 0 aromatic heterocycles. The first kappa shape index (κ1) is 25.5. The summed E-state index contributed by atoms with van der Waals surface area (Å²) in [7, 11) is 0. The summed E-state index contributed by atoms with van der Waals surface area (Å²) in [5.41, 5.74) is 2.72. The van der Waals surface area contributed by atoms with E-state index in [1.165, 1.54) is 11.1 Å². The third-order valence-corrected chi connectivity index (χ3v) is 3.81. The Hall–Kier alpha value is -0.787. The number of hydrogen-bond acceptors (Lipinski definition) is 2. The molecule has 0 saturated carbocycles. The van der Waals surface area contributed by atoms with Crippen molar-refractivity contribution in [2.24, 2.45) is 0 Å².